The van der Waals surface area contributed by atoms with E-state index in [-0.39, 0.29) is 32.8 Å². The Balaban J connectivity index is 2.49. The summed E-state index contributed by atoms with van der Waals surface area (Å²) in [6.07, 6.45) is 0. The van der Waals surface area contributed by atoms with Gasteiger partial charge in [-0.25, -0.2) is 19.3 Å². The second kappa shape index (κ2) is 5.26. The summed E-state index contributed by atoms with van der Waals surface area (Å²) in [5, 5.41) is 9.39. The van der Waals surface area contributed by atoms with Crippen molar-refractivity contribution < 1.29 is 9.50 Å². The molecule has 106 valence electrons. The smallest absolute Gasteiger partial charge is 0.223 e. The lowest BCUT2D eigenvalue weighted by atomic mass is 10.1. The molecule has 1 aromatic carbocycles. The molecule has 8 heteroatoms. The molecular weight excluding hydrogens is 340 g/mol. The predicted octanol–water partition coefficient (Wildman–Crippen LogP) is 4.50. The number of pyridine rings is 1. The Labute approximate surface area is 133 Å². The molecule has 2 heterocycles. The number of nitrogens with zero attached hydrogens (tertiary/aromatic N) is 3. The number of phenolic OH excluding ortho intramolecular Hbond substituents is 1. The lowest BCUT2D eigenvalue weighted by Gasteiger charge is -2.10. The average molecular weight is 345 g/mol. The highest BCUT2D eigenvalue weighted by molar-refractivity contribution is 6.37. The summed E-state index contributed by atoms with van der Waals surface area (Å²) in [5.74, 6) is -0.906. The fourth-order valence-corrected chi connectivity index (χ4v) is 2.60. The maximum absolute atomic E-state index is 14.1. The zero-order valence-corrected chi connectivity index (χ0v) is 12.4. The second-order valence-electron chi connectivity index (χ2n) is 4.09. The van der Waals surface area contributed by atoms with Crippen molar-refractivity contribution in [3.63, 3.8) is 0 Å². The van der Waals surface area contributed by atoms with E-state index < -0.39 is 11.0 Å². The molecule has 2 aromatic heterocycles. The minimum Gasteiger partial charge on any atom is -0.507 e. The van der Waals surface area contributed by atoms with Crippen LogP contribution in [0.25, 0.3) is 22.2 Å². The highest BCUT2D eigenvalue weighted by atomic mass is 35.5. The van der Waals surface area contributed by atoms with Crippen molar-refractivity contribution >= 4 is 45.7 Å². The fourth-order valence-electron chi connectivity index (χ4n) is 1.95. The standard InChI is InChI=1S/C13H5Cl3FN3O/c14-11-7-9(5-3-1-2-4-6(5)21)18-13(16)19-10(7)8(17)12(15)20-11/h1-4,21H. The molecule has 21 heavy (non-hydrogen) atoms. The van der Waals surface area contributed by atoms with Crippen LogP contribution < -0.4 is 0 Å². The first kappa shape index (κ1) is 14.3. The van der Waals surface area contributed by atoms with E-state index in [1.807, 2.05) is 0 Å². The second-order valence-corrected chi connectivity index (χ2v) is 5.14. The number of hydrogen-bond acceptors (Lipinski definition) is 4. The van der Waals surface area contributed by atoms with Crippen molar-refractivity contribution in [2.45, 2.75) is 0 Å². The van der Waals surface area contributed by atoms with E-state index in [2.05, 4.69) is 15.0 Å². The Hall–Kier alpha value is -1.69. The van der Waals surface area contributed by atoms with Crippen molar-refractivity contribution in [2.75, 3.05) is 0 Å². The van der Waals surface area contributed by atoms with Crippen LogP contribution in [0.2, 0.25) is 15.6 Å². The molecule has 0 unspecified atom stereocenters. The van der Waals surface area contributed by atoms with Crippen LogP contribution in [0, 0.1) is 5.82 Å². The van der Waals surface area contributed by atoms with E-state index in [1.54, 1.807) is 18.2 Å². The molecule has 0 fully saturated rings. The van der Waals surface area contributed by atoms with Crippen LogP contribution in [-0.4, -0.2) is 20.1 Å². The van der Waals surface area contributed by atoms with E-state index in [0.29, 0.717) is 5.56 Å². The molecule has 0 atom stereocenters. The van der Waals surface area contributed by atoms with Crippen LogP contribution in [0.4, 0.5) is 4.39 Å². The number of rotatable bonds is 1. The van der Waals surface area contributed by atoms with Gasteiger partial charge in [-0.1, -0.05) is 35.3 Å². The van der Waals surface area contributed by atoms with Crippen molar-refractivity contribution in [1.82, 2.24) is 15.0 Å². The summed E-state index contributed by atoms with van der Waals surface area (Å²) < 4.78 is 14.1. The van der Waals surface area contributed by atoms with Crippen LogP contribution in [-0.2, 0) is 0 Å². The number of hydrogen-bond donors (Lipinski definition) is 1. The van der Waals surface area contributed by atoms with Crippen molar-refractivity contribution in [3.8, 4) is 17.0 Å². The topological polar surface area (TPSA) is 58.9 Å². The van der Waals surface area contributed by atoms with Gasteiger partial charge in [0.15, 0.2) is 11.0 Å². The quantitative estimate of drug-likeness (QED) is 0.522. The van der Waals surface area contributed by atoms with Gasteiger partial charge in [-0.15, -0.1) is 0 Å². The van der Waals surface area contributed by atoms with Gasteiger partial charge in [-0.3, -0.25) is 0 Å². The number of aromatic nitrogens is 3. The maximum atomic E-state index is 14.1. The van der Waals surface area contributed by atoms with E-state index in [4.69, 9.17) is 34.8 Å². The van der Waals surface area contributed by atoms with Crippen LogP contribution in [0.3, 0.4) is 0 Å². The van der Waals surface area contributed by atoms with E-state index in [0.717, 1.165) is 0 Å². The molecule has 0 amide bonds. The summed E-state index contributed by atoms with van der Waals surface area (Å²) in [7, 11) is 0. The summed E-state index contributed by atoms with van der Waals surface area (Å²) >= 11 is 17.5. The molecule has 0 spiro atoms. The first-order valence-electron chi connectivity index (χ1n) is 5.65. The van der Waals surface area contributed by atoms with Crippen LogP contribution >= 0.6 is 34.8 Å². The molecule has 0 saturated carbocycles. The lowest BCUT2D eigenvalue weighted by molar-refractivity contribution is 0.477. The largest absolute Gasteiger partial charge is 0.507 e. The van der Waals surface area contributed by atoms with E-state index in [1.165, 1.54) is 6.07 Å². The molecule has 0 bridgehead atoms. The zero-order valence-electron chi connectivity index (χ0n) is 10.1. The third-order valence-electron chi connectivity index (χ3n) is 2.83. The first-order chi connectivity index (χ1) is 9.99. The molecule has 4 nitrogen and oxygen atoms in total. The van der Waals surface area contributed by atoms with Gasteiger partial charge < -0.3 is 5.11 Å². The summed E-state index contributed by atoms with van der Waals surface area (Å²) in [6.45, 7) is 0. The molecule has 3 rings (SSSR count). The number of phenols is 1. The van der Waals surface area contributed by atoms with Gasteiger partial charge in [0, 0.05) is 5.56 Å². The maximum Gasteiger partial charge on any atom is 0.223 e. The van der Waals surface area contributed by atoms with Crippen molar-refractivity contribution in [1.29, 1.82) is 0 Å². The normalized spacial score (nSPS) is 11.0. The summed E-state index contributed by atoms with van der Waals surface area (Å²) in [6, 6.07) is 6.38. The van der Waals surface area contributed by atoms with Gasteiger partial charge >= 0.3 is 0 Å². The third kappa shape index (κ3) is 2.37. The Morgan fingerprint density at radius 2 is 1.67 bits per heavy atom. The zero-order chi connectivity index (χ0) is 15.1. The van der Waals surface area contributed by atoms with Gasteiger partial charge in [0.05, 0.1) is 11.1 Å². The average Bonchev–Trinajstić information content (AvgIpc) is 2.44. The molecule has 0 aliphatic heterocycles. The molecule has 1 N–H and O–H groups in total. The van der Waals surface area contributed by atoms with Crippen LogP contribution in [0.5, 0.6) is 5.75 Å². The number of halogens is 4. The summed E-state index contributed by atoms with van der Waals surface area (Å²) in [4.78, 5) is 11.5. The molecule has 3 aromatic rings. The fraction of sp³-hybridized carbons (Fsp3) is 0. The molecular formula is C13H5Cl3FN3O. The molecule has 0 radical (unpaired) electrons. The molecule has 0 aliphatic rings. The SMILES string of the molecule is Oc1ccccc1-c1nc(Cl)nc2c(F)c(Cl)nc(Cl)c12. The third-order valence-corrected chi connectivity index (χ3v) is 3.53. The Bertz CT molecular complexity index is 873. The van der Waals surface area contributed by atoms with Gasteiger partial charge in [-0.2, -0.15) is 0 Å². The first-order valence-corrected chi connectivity index (χ1v) is 6.78. The highest BCUT2D eigenvalue weighted by Gasteiger charge is 2.20. The number of benzene rings is 1. The Kier molecular flexibility index (Phi) is 3.57. The van der Waals surface area contributed by atoms with Gasteiger partial charge in [0.25, 0.3) is 0 Å². The number of para-hydroxylation sites is 1. The number of fused-ring (bicyclic) bond motifs is 1. The lowest BCUT2D eigenvalue weighted by Crippen LogP contribution is -1.97. The van der Waals surface area contributed by atoms with Crippen molar-refractivity contribution in [3.05, 3.63) is 45.7 Å². The monoisotopic (exact) mass is 343 g/mol. The minimum atomic E-state index is -0.850. The molecule has 0 saturated heterocycles. The minimum absolute atomic E-state index is 0.0556. The van der Waals surface area contributed by atoms with Gasteiger partial charge in [0.2, 0.25) is 5.28 Å². The van der Waals surface area contributed by atoms with E-state index in [9.17, 15) is 9.50 Å². The predicted molar refractivity (Wildman–Crippen MR) is 79.4 cm³/mol. The van der Waals surface area contributed by atoms with Crippen LogP contribution in [0.1, 0.15) is 0 Å². The van der Waals surface area contributed by atoms with E-state index >= 15 is 0 Å². The van der Waals surface area contributed by atoms with Gasteiger partial charge in [-0.05, 0) is 23.7 Å². The Morgan fingerprint density at radius 3 is 2.38 bits per heavy atom. The summed E-state index contributed by atoms with van der Waals surface area (Å²) in [5.41, 5.74) is 0.353. The molecule has 0 aliphatic carbocycles. The number of aromatic hydroxyl groups is 1. The highest BCUT2D eigenvalue weighted by Crippen LogP contribution is 2.37. The van der Waals surface area contributed by atoms with Crippen molar-refractivity contribution in [2.24, 2.45) is 0 Å². The Morgan fingerprint density at radius 1 is 0.952 bits per heavy atom. The van der Waals surface area contributed by atoms with Gasteiger partial charge in [0.1, 0.15) is 16.4 Å². The van der Waals surface area contributed by atoms with Crippen LogP contribution in [0.15, 0.2) is 24.3 Å².